The number of carbonyl (C=O) groups excluding carboxylic acids is 2. The van der Waals surface area contributed by atoms with E-state index in [1.165, 1.54) is 0 Å². The van der Waals surface area contributed by atoms with Crippen molar-refractivity contribution in [3.05, 3.63) is 72.2 Å². The molecule has 0 aliphatic heterocycles. The van der Waals surface area contributed by atoms with E-state index in [1.54, 1.807) is 18.5 Å². The van der Waals surface area contributed by atoms with Gasteiger partial charge in [0.15, 0.2) is 0 Å². The minimum Gasteiger partial charge on any atom is -0.352 e. The van der Waals surface area contributed by atoms with E-state index in [-0.39, 0.29) is 24.8 Å². The van der Waals surface area contributed by atoms with Crippen LogP contribution in [-0.4, -0.2) is 33.5 Å². The molecule has 0 fully saturated rings. The van der Waals surface area contributed by atoms with Crippen molar-refractivity contribution in [1.29, 1.82) is 0 Å². The lowest BCUT2D eigenvalue weighted by Crippen LogP contribution is -2.30. The summed E-state index contributed by atoms with van der Waals surface area (Å²) in [7, 11) is 0. The second kappa shape index (κ2) is 8.57. The van der Waals surface area contributed by atoms with Gasteiger partial charge >= 0.3 is 0 Å². The molecule has 7 nitrogen and oxygen atoms in total. The van der Waals surface area contributed by atoms with E-state index < -0.39 is 0 Å². The lowest BCUT2D eigenvalue weighted by atomic mass is 10.1. The van der Waals surface area contributed by atoms with Crippen molar-refractivity contribution in [2.45, 2.75) is 13.0 Å². The number of aromatic amines is 1. The number of hydrogen-bond donors (Lipinski definition) is 3. The number of rotatable bonds is 7. The van der Waals surface area contributed by atoms with Crippen LogP contribution in [0, 0.1) is 0 Å². The number of amides is 2. The first-order valence-corrected chi connectivity index (χ1v) is 8.27. The highest BCUT2D eigenvalue weighted by Crippen LogP contribution is 2.16. The van der Waals surface area contributed by atoms with Gasteiger partial charge in [0.05, 0.1) is 5.69 Å². The molecule has 0 unspecified atom stereocenters. The second-order valence-corrected chi connectivity index (χ2v) is 5.68. The molecule has 132 valence electrons. The van der Waals surface area contributed by atoms with Crippen molar-refractivity contribution >= 4 is 11.8 Å². The van der Waals surface area contributed by atoms with Crippen LogP contribution in [-0.2, 0) is 11.3 Å². The number of aromatic nitrogens is 3. The van der Waals surface area contributed by atoms with Gasteiger partial charge in [0, 0.05) is 37.5 Å². The Morgan fingerprint density at radius 2 is 1.88 bits per heavy atom. The van der Waals surface area contributed by atoms with Gasteiger partial charge in [-0.2, -0.15) is 5.10 Å². The van der Waals surface area contributed by atoms with Gasteiger partial charge in [-0.15, -0.1) is 0 Å². The Kier molecular flexibility index (Phi) is 5.72. The van der Waals surface area contributed by atoms with Gasteiger partial charge in [0.2, 0.25) is 5.91 Å². The van der Waals surface area contributed by atoms with Crippen LogP contribution in [0.4, 0.5) is 0 Å². The molecule has 3 rings (SSSR count). The molecule has 0 radical (unpaired) electrons. The number of hydrogen-bond acceptors (Lipinski definition) is 4. The Morgan fingerprint density at radius 3 is 2.65 bits per heavy atom. The summed E-state index contributed by atoms with van der Waals surface area (Å²) in [6.07, 6.45) is 3.58. The van der Waals surface area contributed by atoms with Crippen molar-refractivity contribution in [1.82, 2.24) is 25.8 Å². The summed E-state index contributed by atoms with van der Waals surface area (Å²) < 4.78 is 0. The Morgan fingerprint density at radius 1 is 1.04 bits per heavy atom. The Labute approximate surface area is 150 Å². The molecule has 1 aromatic carbocycles. The van der Waals surface area contributed by atoms with E-state index >= 15 is 0 Å². The monoisotopic (exact) mass is 349 g/mol. The molecule has 0 spiro atoms. The highest BCUT2D eigenvalue weighted by atomic mass is 16.2. The number of H-pyrrole nitrogens is 1. The normalized spacial score (nSPS) is 10.3. The van der Waals surface area contributed by atoms with Crippen molar-refractivity contribution in [3.8, 4) is 11.3 Å². The first kappa shape index (κ1) is 17.3. The summed E-state index contributed by atoms with van der Waals surface area (Å²) in [6.45, 7) is 0.666. The molecule has 2 aromatic heterocycles. The standard InChI is InChI=1S/C19H19N5O2/c25-18(22-13-14-5-4-9-20-12-14)8-10-21-19(26)17-11-16(23-24-17)15-6-2-1-3-7-15/h1-7,9,11-12H,8,10,13H2,(H,21,26)(H,22,25)(H,23,24). The number of nitrogens with zero attached hydrogens (tertiary/aromatic N) is 2. The lowest BCUT2D eigenvalue weighted by Gasteiger charge is -2.06. The molecular formula is C19H19N5O2. The Hall–Kier alpha value is -3.48. The minimum atomic E-state index is -0.292. The van der Waals surface area contributed by atoms with Crippen LogP contribution in [0.3, 0.4) is 0 Å². The zero-order valence-corrected chi connectivity index (χ0v) is 14.1. The highest BCUT2D eigenvalue weighted by molar-refractivity contribution is 5.93. The number of pyridine rings is 1. The third-order valence-electron chi connectivity index (χ3n) is 3.74. The quantitative estimate of drug-likeness (QED) is 0.606. The lowest BCUT2D eigenvalue weighted by molar-refractivity contribution is -0.121. The van der Waals surface area contributed by atoms with Gasteiger partial charge in [-0.1, -0.05) is 36.4 Å². The predicted molar refractivity (Wildman–Crippen MR) is 97.1 cm³/mol. The third-order valence-corrected chi connectivity index (χ3v) is 3.74. The van der Waals surface area contributed by atoms with Crippen LogP contribution in [0.5, 0.6) is 0 Å². The average Bonchev–Trinajstić information content (AvgIpc) is 3.18. The van der Waals surface area contributed by atoms with Gasteiger partial charge in [0.1, 0.15) is 5.69 Å². The summed E-state index contributed by atoms with van der Waals surface area (Å²) >= 11 is 0. The number of nitrogens with one attached hydrogen (secondary N) is 3. The van der Waals surface area contributed by atoms with Crippen LogP contribution in [0.2, 0.25) is 0 Å². The smallest absolute Gasteiger partial charge is 0.269 e. The molecule has 26 heavy (non-hydrogen) atoms. The number of carbonyl (C=O) groups is 2. The number of benzene rings is 1. The molecule has 0 saturated heterocycles. The van der Waals surface area contributed by atoms with Crippen molar-refractivity contribution < 1.29 is 9.59 Å². The highest BCUT2D eigenvalue weighted by Gasteiger charge is 2.11. The van der Waals surface area contributed by atoms with Crippen molar-refractivity contribution in [3.63, 3.8) is 0 Å². The SMILES string of the molecule is O=C(CCNC(=O)c1cc(-c2ccccc2)n[nH]1)NCc1cccnc1. The summed E-state index contributed by atoms with van der Waals surface area (Å²) in [5.41, 5.74) is 2.91. The molecule has 3 N–H and O–H groups in total. The van der Waals surface area contributed by atoms with Crippen molar-refractivity contribution in [2.75, 3.05) is 6.54 Å². The molecule has 3 aromatic rings. The zero-order chi connectivity index (χ0) is 18.2. The van der Waals surface area contributed by atoms with Gasteiger partial charge in [0.25, 0.3) is 5.91 Å². The maximum absolute atomic E-state index is 12.1. The van der Waals surface area contributed by atoms with E-state index in [4.69, 9.17) is 0 Å². The molecule has 0 bridgehead atoms. The predicted octanol–water partition coefficient (Wildman–Crippen LogP) is 1.91. The Balaban J connectivity index is 1.43. The van der Waals surface area contributed by atoms with Gasteiger partial charge in [-0.25, -0.2) is 0 Å². The molecular weight excluding hydrogens is 330 g/mol. The molecule has 0 aliphatic rings. The molecule has 2 amide bonds. The van der Waals surface area contributed by atoms with Gasteiger partial charge in [-0.3, -0.25) is 19.7 Å². The average molecular weight is 349 g/mol. The van der Waals surface area contributed by atoms with Crippen LogP contribution >= 0.6 is 0 Å². The molecule has 0 aliphatic carbocycles. The van der Waals surface area contributed by atoms with E-state index in [0.717, 1.165) is 11.1 Å². The fourth-order valence-corrected chi connectivity index (χ4v) is 2.37. The Bertz CT molecular complexity index is 862. The van der Waals surface area contributed by atoms with Crippen LogP contribution < -0.4 is 10.6 Å². The summed E-state index contributed by atoms with van der Waals surface area (Å²) in [4.78, 5) is 27.9. The van der Waals surface area contributed by atoms with Crippen LogP contribution in [0.15, 0.2) is 60.9 Å². The molecule has 0 saturated carbocycles. The van der Waals surface area contributed by atoms with Crippen molar-refractivity contribution in [2.24, 2.45) is 0 Å². The molecule has 2 heterocycles. The van der Waals surface area contributed by atoms with Gasteiger partial charge in [-0.05, 0) is 17.7 Å². The van der Waals surface area contributed by atoms with Crippen LogP contribution in [0.25, 0.3) is 11.3 Å². The summed E-state index contributed by atoms with van der Waals surface area (Å²) in [5, 5.41) is 12.4. The van der Waals surface area contributed by atoms with E-state index in [2.05, 4.69) is 25.8 Å². The van der Waals surface area contributed by atoms with Gasteiger partial charge < -0.3 is 10.6 Å². The second-order valence-electron chi connectivity index (χ2n) is 5.68. The fourth-order valence-electron chi connectivity index (χ4n) is 2.37. The minimum absolute atomic E-state index is 0.135. The largest absolute Gasteiger partial charge is 0.352 e. The van der Waals surface area contributed by atoms with E-state index in [1.807, 2.05) is 42.5 Å². The summed E-state index contributed by atoms with van der Waals surface area (Å²) in [6, 6.07) is 15.0. The maximum Gasteiger partial charge on any atom is 0.269 e. The summed E-state index contributed by atoms with van der Waals surface area (Å²) in [5.74, 6) is -0.427. The molecule has 7 heteroatoms. The van der Waals surface area contributed by atoms with E-state index in [0.29, 0.717) is 17.9 Å². The topological polar surface area (TPSA) is 99.8 Å². The zero-order valence-electron chi connectivity index (χ0n) is 14.1. The fraction of sp³-hybridized carbons (Fsp3) is 0.158. The third kappa shape index (κ3) is 4.76. The van der Waals surface area contributed by atoms with E-state index in [9.17, 15) is 9.59 Å². The van der Waals surface area contributed by atoms with Crippen LogP contribution in [0.1, 0.15) is 22.5 Å². The first-order chi connectivity index (χ1) is 12.7. The first-order valence-electron chi connectivity index (χ1n) is 8.27. The maximum atomic E-state index is 12.1. The molecule has 0 atom stereocenters.